The summed E-state index contributed by atoms with van der Waals surface area (Å²) in [6.07, 6.45) is 2.05. The molecule has 0 amide bonds. The topological polar surface area (TPSA) is 35.2 Å². The maximum Gasteiger partial charge on any atom is 0.0477 e. The highest BCUT2D eigenvalue weighted by Crippen LogP contribution is 2.54. The Bertz CT molecular complexity index is 940. The van der Waals surface area contributed by atoms with Gasteiger partial charge in [0, 0.05) is 24.3 Å². The molecule has 1 saturated heterocycles. The van der Waals surface area contributed by atoms with Crippen LogP contribution in [0.2, 0.25) is 0 Å². The average molecular weight is 327 g/mol. The fourth-order valence-corrected chi connectivity index (χ4v) is 4.58. The Balaban J connectivity index is 1.75. The second-order valence-electron chi connectivity index (χ2n) is 7.13. The molecule has 2 aliphatic rings. The first-order chi connectivity index (χ1) is 12.3. The van der Waals surface area contributed by atoms with Crippen molar-refractivity contribution >= 4 is 5.69 Å². The second kappa shape index (κ2) is 5.47. The Morgan fingerprint density at radius 3 is 2.16 bits per heavy atom. The van der Waals surface area contributed by atoms with Gasteiger partial charge < -0.3 is 10.5 Å². The molecule has 0 bridgehead atoms. The van der Waals surface area contributed by atoms with Gasteiger partial charge in [-0.2, -0.15) is 0 Å². The Morgan fingerprint density at radius 2 is 1.40 bits per heavy atom. The van der Waals surface area contributed by atoms with E-state index in [0.717, 1.165) is 31.7 Å². The second-order valence-corrected chi connectivity index (χ2v) is 7.13. The SMILES string of the molecule is Nc1ccc2c(c1)C1(CCOCC1)c1cc(-c3ccccc3)ccc1-2. The molecular weight excluding hydrogens is 306 g/mol. The molecule has 2 heteroatoms. The third-order valence-electron chi connectivity index (χ3n) is 5.84. The summed E-state index contributed by atoms with van der Waals surface area (Å²) < 4.78 is 5.70. The number of rotatable bonds is 1. The van der Waals surface area contributed by atoms with Crippen LogP contribution in [-0.4, -0.2) is 13.2 Å². The molecule has 5 rings (SSSR count). The number of nitrogen functional groups attached to an aromatic ring is 1. The molecule has 3 aromatic carbocycles. The summed E-state index contributed by atoms with van der Waals surface area (Å²) in [5, 5.41) is 0. The summed E-state index contributed by atoms with van der Waals surface area (Å²) >= 11 is 0. The Morgan fingerprint density at radius 1 is 0.720 bits per heavy atom. The van der Waals surface area contributed by atoms with Gasteiger partial charge in [-0.3, -0.25) is 0 Å². The zero-order chi connectivity index (χ0) is 16.9. The van der Waals surface area contributed by atoms with Crippen LogP contribution in [0.1, 0.15) is 24.0 Å². The van der Waals surface area contributed by atoms with Crippen LogP contribution in [0.5, 0.6) is 0 Å². The number of benzene rings is 3. The number of nitrogens with two attached hydrogens (primary N) is 1. The fourth-order valence-electron chi connectivity index (χ4n) is 4.58. The van der Waals surface area contributed by atoms with Crippen LogP contribution in [-0.2, 0) is 10.2 Å². The standard InChI is InChI=1S/C23H21NO/c24-18-7-9-20-19-8-6-17(16-4-2-1-3-5-16)14-21(19)23(22(20)15-18)10-12-25-13-11-23/h1-9,14-15H,10-13,24H2. The van der Waals surface area contributed by atoms with E-state index in [2.05, 4.69) is 60.7 Å². The molecule has 0 atom stereocenters. The van der Waals surface area contributed by atoms with Crippen LogP contribution in [0.4, 0.5) is 5.69 Å². The van der Waals surface area contributed by atoms with E-state index in [0.29, 0.717) is 0 Å². The van der Waals surface area contributed by atoms with Crippen molar-refractivity contribution in [1.29, 1.82) is 0 Å². The van der Waals surface area contributed by atoms with Gasteiger partial charge in [0.15, 0.2) is 0 Å². The molecule has 0 radical (unpaired) electrons. The largest absolute Gasteiger partial charge is 0.399 e. The summed E-state index contributed by atoms with van der Waals surface area (Å²) in [7, 11) is 0. The van der Waals surface area contributed by atoms with Gasteiger partial charge in [-0.1, -0.05) is 48.5 Å². The molecule has 1 fully saturated rings. The lowest BCUT2D eigenvalue weighted by Crippen LogP contribution is -2.33. The van der Waals surface area contributed by atoms with Gasteiger partial charge in [0.2, 0.25) is 0 Å². The van der Waals surface area contributed by atoms with Crippen molar-refractivity contribution in [2.75, 3.05) is 18.9 Å². The molecule has 1 spiro atoms. The Labute approximate surface area is 148 Å². The number of fused-ring (bicyclic) bond motifs is 5. The maximum absolute atomic E-state index is 6.15. The van der Waals surface area contributed by atoms with E-state index in [1.165, 1.54) is 33.4 Å². The average Bonchev–Trinajstić information content (AvgIpc) is 2.92. The van der Waals surface area contributed by atoms with Crippen LogP contribution < -0.4 is 5.73 Å². The first-order valence-corrected chi connectivity index (χ1v) is 8.96. The van der Waals surface area contributed by atoms with E-state index >= 15 is 0 Å². The predicted molar refractivity (Wildman–Crippen MR) is 103 cm³/mol. The van der Waals surface area contributed by atoms with E-state index in [1.807, 2.05) is 6.07 Å². The quantitative estimate of drug-likeness (QED) is 0.637. The van der Waals surface area contributed by atoms with Crippen molar-refractivity contribution in [3.8, 4) is 22.3 Å². The number of hydrogen-bond donors (Lipinski definition) is 1. The van der Waals surface area contributed by atoms with E-state index in [4.69, 9.17) is 10.5 Å². The van der Waals surface area contributed by atoms with Crippen molar-refractivity contribution in [2.45, 2.75) is 18.3 Å². The fraction of sp³-hybridized carbons (Fsp3) is 0.217. The van der Waals surface area contributed by atoms with Crippen LogP contribution in [0.15, 0.2) is 66.7 Å². The summed E-state index contributed by atoms with van der Waals surface area (Å²) in [4.78, 5) is 0. The third-order valence-corrected chi connectivity index (χ3v) is 5.84. The van der Waals surface area contributed by atoms with Gasteiger partial charge in [-0.15, -0.1) is 0 Å². The van der Waals surface area contributed by atoms with Gasteiger partial charge >= 0.3 is 0 Å². The lowest BCUT2D eigenvalue weighted by molar-refractivity contribution is 0.0644. The van der Waals surface area contributed by atoms with Crippen molar-refractivity contribution in [3.63, 3.8) is 0 Å². The molecule has 0 unspecified atom stereocenters. The predicted octanol–water partition coefficient (Wildman–Crippen LogP) is 5.01. The minimum Gasteiger partial charge on any atom is -0.399 e. The number of ether oxygens (including phenoxy) is 1. The van der Waals surface area contributed by atoms with Crippen LogP contribution in [0.3, 0.4) is 0 Å². The van der Waals surface area contributed by atoms with Crippen molar-refractivity contribution in [3.05, 3.63) is 77.9 Å². The molecule has 1 aliphatic carbocycles. The summed E-state index contributed by atoms with van der Waals surface area (Å²) in [6.45, 7) is 1.62. The van der Waals surface area contributed by atoms with Crippen LogP contribution >= 0.6 is 0 Å². The minimum atomic E-state index is 0.0447. The molecule has 2 N–H and O–H groups in total. The molecule has 0 aromatic heterocycles. The zero-order valence-corrected chi connectivity index (χ0v) is 14.2. The van der Waals surface area contributed by atoms with Gasteiger partial charge in [0.05, 0.1) is 0 Å². The maximum atomic E-state index is 6.15. The Kier molecular flexibility index (Phi) is 3.22. The van der Waals surface area contributed by atoms with Crippen molar-refractivity contribution in [2.24, 2.45) is 0 Å². The van der Waals surface area contributed by atoms with Gasteiger partial charge in [0.25, 0.3) is 0 Å². The number of anilines is 1. The lowest BCUT2D eigenvalue weighted by Gasteiger charge is -2.36. The van der Waals surface area contributed by atoms with E-state index in [1.54, 1.807) is 0 Å². The minimum absolute atomic E-state index is 0.0447. The molecule has 25 heavy (non-hydrogen) atoms. The lowest BCUT2D eigenvalue weighted by atomic mass is 9.72. The van der Waals surface area contributed by atoms with E-state index < -0.39 is 0 Å². The van der Waals surface area contributed by atoms with Gasteiger partial charge in [-0.25, -0.2) is 0 Å². The smallest absolute Gasteiger partial charge is 0.0477 e. The summed E-state index contributed by atoms with van der Waals surface area (Å²) in [5.41, 5.74) is 15.1. The molecule has 2 nitrogen and oxygen atoms in total. The zero-order valence-electron chi connectivity index (χ0n) is 14.2. The van der Waals surface area contributed by atoms with Crippen molar-refractivity contribution < 1.29 is 4.74 Å². The molecule has 1 heterocycles. The molecular formula is C23H21NO. The highest BCUT2D eigenvalue weighted by Gasteiger charge is 2.44. The third kappa shape index (κ3) is 2.14. The normalized spacial score (nSPS) is 17.3. The van der Waals surface area contributed by atoms with Gasteiger partial charge in [0.1, 0.15) is 0 Å². The van der Waals surface area contributed by atoms with E-state index in [9.17, 15) is 0 Å². The first-order valence-electron chi connectivity index (χ1n) is 8.96. The molecule has 0 saturated carbocycles. The molecule has 124 valence electrons. The monoisotopic (exact) mass is 327 g/mol. The number of hydrogen-bond acceptors (Lipinski definition) is 2. The Hall–Kier alpha value is -2.58. The van der Waals surface area contributed by atoms with Crippen molar-refractivity contribution in [1.82, 2.24) is 0 Å². The molecule has 3 aromatic rings. The van der Waals surface area contributed by atoms with Crippen LogP contribution in [0, 0.1) is 0 Å². The highest BCUT2D eigenvalue weighted by molar-refractivity contribution is 5.85. The van der Waals surface area contributed by atoms with Crippen LogP contribution in [0.25, 0.3) is 22.3 Å². The van der Waals surface area contributed by atoms with Gasteiger partial charge in [-0.05, 0) is 64.4 Å². The molecule has 1 aliphatic heterocycles. The summed E-state index contributed by atoms with van der Waals surface area (Å²) in [6, 6.07) is 23.9. The first kappa shape index (κ1) is 14.7. The highest BCUT2D eigenvalue weighted by atomic mass is 16.5. The van der Waals surface area contributed by atoms with E-state index in [-0.39, 0.29) is 5.41 Å². The summed E-state index contributed by atoms with van der Waals surface area (Å²) in [5.74, 6) is 0.